The van der Waals surface area contributed by atoms with E-state index in [0.717, 1.165) is 43.0 Å². The van der Waals surface area contributed by atoms with Crippen LogP contribution in [0.2, 0.25) is 0 Å². The van der Waals surface area contributed by atoms with Crippen LogP contribution in [-0.2, 0) is 17.8 Å². The first-order valence-corrected chi connectivity index (χ1v) is 8.14. The predicted octanol–water partition coefficient (Wildman–Crippen LogP) is 1.98. The highest BCUT2D eigenvalue weighted by Gasteiger charge is 2.21. The molecule has 5 heteroatoms. The van der Waals surface area contributed by atoms with Crippen molar-refractivity contribution in [2.45, 2.75) is 20.0 Å². The SMILES string of the molecule is C=N/C=C\C=C(/C)N1CCN(C(=O)Cc2cccc(CO)c2)CC1. The summed E-state index contributed by atoms with van der Waals surface area (Å²) in [7, 11) is 0. The largest absolute Gasteiger partial charge is 0.392 e. The number of rotatable bonds is 6. The van der Waals surface area contributed by atoms with Crippen LogP contribution in [0.15, 0.2) is 53.3 Å². The third-order valence-corrected chi connectivity index (χ3v) is 4.19. The van der Waals surface area contributed by atoms with Gasteiger partial charge in [0.25, 0.3) is 0 Å². The van der Waals surface area contributed by atoms with E-state index in [1.54, 1.807) is 6.20 Å². The maximum Gasteiger partial charge on any atom is 0.227 e. The number of aliphatic hydroxyl groups is 1. The Morgan fingerprint density at radius 1 is 1.25 bits per heavy atom. The smallest absolute Gasteiger partial charge is 0.227 e. The molecule has 128 valence electrons. The summed E-state index contributed by atoms with van der Waals surface area (Å²) in [6.07, 6.45) is 5.92. The molecule has 1 N–H and O–H groups in total. The fourth-order valence-corrected chi connectivity index (χ4v) is 2.78. The molecule has 0 aromatic heterocycles. The number of carbonyl (C=O) groups excluding carboxylic acids is 1. The average Bonchev–Trinajstić information content (AvgIpc) is 2.62. The maximum absolute atomic E-state index is 12.5. The van der Waals surface area contributed by atoms with E-state index < -0.39 is 0 Å². The molecule has 0 saturated carbocycles. The van der Waals surface area contributed by atoms with Gasteiger partial charge in [-0.3, -0.25) is 9.79 Å². The van der Waals surface area contributed by atoms with Gasteiger partial charge in [0.1, 0.15) is 0 Å². The monoisotopic (exact) mass is 327 g/mol. The van der Waals surface area contributed by atoms with Crippen LogP contribution in [0.25, 0.3) is 0 Å². The van der Waals surface area contributed by atoms with Gasteiger partial charge in [-0.05, 0) is 36.9 Å². The van der Waals surface area contributed by atoms with Crippen molar-refractivity contribution in [3.63, 3.8) is 0 Å². The Labute approximate surface area is 143 Å². The molecule has 2 rings (SSSR count). The number of aliphatic hydroxyl groups excluding tert-OH is 1. The fourth-order valence-electron chi connectivity index (χ4n) is 2.78. The summed E-state index contributed by atoms with van der Waals surface area (Å²) in [6.45, 7) is 8.60. The second-order valence-electron chi connectivity index (χ2n) is 5.85. The van der Waals surface area contributed by atoms with Gasteiger partial charge in [-0.25, -0.2) is 0 Å². The average molecular weight is 327 g/mol. The van der Waals surface area contributed by atoms with E-state index in [-0.39, 0.29) is 12.5 Å². The van der Waals surface area contributed by atoms with Gasteiger partial charge < -0.3 is 14.9 Å². The Balaban J connectivity index is 1.87. The molecule has 1 fully saturated rings. The molecule has 1 aliphatic rings. The highest BCUT2D eigenvalue weighted by molar-refractivity contribution is 5.79. The van der Waals surface area contributed by atoms with E-state index in [9.17, 15) is 9.90 Å². The van der Waals surface area contributed by atoms with Crippen molar-refractivity contribution in [3.8, 4) is 0 Å². The Kier molecular flexibility index (Phi) is 6.75. The molecule has 1 amide bonds. The first-order valence-electron chi connectivity index (χ1n) is 8.14. The number of carbonyl (C=O) groups is 1. The molecule has 1 heterocycles. The van der Waals surface area contributed by atoms with Crippen LogP contribution in [-0.4, -0.2) is 53.7 Å². The highest BCUT2D eigenvalue weighted by atomic mass is 16.3. The van der Waals surface area contributed by atoms with Gasteiger partial charge in [0.15, 0.2) is 0 Å². The Hall–Kier alpha value is -2.40. The van der Waals surface area contributed by atoms with Crippen LogP contribution >= 0.6 is 0 Å². The van der Waals surface area contributed by atoms with Crippen LogP contribution in [0.4, 0.5) is 0 Å². The number of nitrogens with zero attached hydrogens (tertiary/aromatic N) is 3. The lowest BCUT2D eigenvalue weighted by Gasteiger charge is -2.36. The van der Waals surface area contributed by atoms with Crippen molar-refractivity contribution >= 4 is 12.6 Å². The number of hydrogen-bond acceptors (Lipinski definition) is 4. The number of allylic oxidation sites excluding steroid dienone is 3. The molecule has 0 radical (unpaired) electrons. The second kappa shape index (κ2) is 9.03. The highest BCUT2D eigenvalue weighted by Crippen LogP contribution is 2.12. The molecule has 1 aliphatic heterocycles. The van der Waals surface area contributed by atoms with Crippen LogP contribution in [0.3, 0.4) is 0 Å². The molecular weight excluding hydrogens is 302 g/mol. The Morgan fingerprint density at radius 2 is 1.92 bits per heavy atom. The van der Waals surface area contributed by atoms with Gasteiger partial charge in [0, 0.05) is 38.1 Å². The minimum Gasteiger partial charge on any atom is -0.392 e. The summed E-state index contributed by atoms with van der Waals surface area (Å²) in [5, 5.41) is 9.18. The third-order valence-electron chi connectivity index (χ3n) is 4.19. The van der Waals surface area contributed by atoms with Crippen molar-refractivity contribution in [2.75, 3.05) is 26.2 Å². The lowest BCUT2D eigenvalue weighted by Crippen LogP contribution is -2.48. The standard InChI is InChI=1S/C19H25N3O2/c1-16(5-4-8-20-2)21-9-11-22(12-10-21)19(24)14-17-6-3-7-18(13-17)15-23/h3-8,13,23H,2,9-12,14-15H2,1H3/b8-4-,16-5+. The Morgan fingerprint density at radius 3 is 2.58 bits per heavy atom. The van der Waals surface area contributed by atoms with Crippen molar-refractivity contribution < 1.29 is 9.90 Å². The van der Waals surface area contributed by atoms with Crippen LogP contribution in [0, 0.1) is 0 Å². The molecule has 0 unspecified atom stereocenters. The molecule has 0 aliphatic carbocycles. The van der Waals surface area contributed by atoms with E-state index in [2.05, 4.69) is 23.5 Å². The van der Waals surface area contributed by atoms with Gasteiger partial charge >= 0.3 is 0 Å². The molecule has 5 nitrogen and oxygen atoms in total. The molecule has 24 heavy (non-hydrogen) atoms. The van der Waals surface area contributed by atoms with Crippen molar-refractivity contribution in [1.82, 2.24) is 9.80 Å². The zero-order valence-electron chi connectivity index (χ0n) is 14.2. The second-order valence-corrected chi connectivity index (χ2v) is 5.85. The zero-order valence-corrected chi connectivity index (χ0v) is 14.2. The predicted molar refractivity (Wildman–Crippen MR) is 96.7 cm³/mol. The summed E-state index contributed by atoms with van der Waals surface area (Å²) < 4.78 is 0. The summed E-state index contributed by atoms with van der Waals surface area (Å²) in [4.78, 5) is 20.3. The molecule has 1 aromatic carbocycles. The lowest BCUT2D eigenvalue weighted by atomic mass is 10.1. The van der Waals surface area contributed by atoms with E-state index in [1.165, 1.54) is 0 Å². The lowest BCUT2D eigenvalue weighted by molar-refractivity contribution is -0.131. The molecule has 1 aromatic rings. The molecule has 0 spiro atoms. The quantitative estimate of drug-likeness (QED) is 0.642. The number of amides is 1. The van der Waals surface area contributed by atoms with Gasteiger partial charge in [0.05, 0.1) is 13.0 Å². The number of benzene rings is 1. The van der Waals surface area contributed by atoms with Crippen LogP contribution in [0.5, 0.6) is 0 Å². The van der Waals surface area contributed by atoms with E-state index in [1.807, 2.05) is 41.3 Å². The summed E-state index contributed by atoms with van der Waals surface area (Å²) in [5.41, 5.74) is 2.96. The van der Waals surface area contributed by atoms with Gasteiger partial charge in [-0.15, -0.1) is 0 Å². The fraction of sp³-hybridized carbons (Fsp3) is 0.368. The van der Waals surface area contributed by atoms with Crippen LogP contribution in [0.1, 0.15) is 18.1 Å². The number of piperazine rings is 1. The minimum absolute atomic E-state index is 0.00212. The van der Waals surface area contributed by atoms with E-state index in [0.29, 0.717) is 6.42 Å². The summed E-state index contributed by atoms with van der Waals surface area (Å²) in [6, 6.07) is 7.56. The van der Waals surface area contributed by atoms with Crippen molar-refractivity contribution in [1.29, 1.82) is 0 Å². The third kappa shape index (κ3) is 5.06. The minimum atomic E-state index is 0.00212. The van der Waals surface area contributed by atoms with Crippen LogP contribution < -0.4 is 0 Å². The number of hydrogen-bond donors (Lipinski definition) is 1. The van der Waals surface area contributed by atoms with E-state index in [4.69, 9.17) is 0 Å². The number of aliphatic imine (C=N–C) groups is 1. The van der Waals surface area contributed by atoms with Gasteiger partial charge in [-0.2, -0.15) is 0 Å². The first-order chi connectivity index (χ1) is 11.6. The zero-order chi connectivity index (χ0) is 17.4. The normalized spacial score (nSPS) is 15.8. The molecule has 0 bridgehead atoms. The Bertz CT molecular complexity index is 629. The maximum atomic E-state index is 12.5. The van der Waals surface area contributed by atoms with E-state index >= 15 is 0 Å². The molecular formula is C19H25N3O2. The van der Waals surface area contributed by atoms with Gasteiger partial charge in [0.2, 0.25) is 5.91 Å². The van der Waals surface area contributed by atoms with Gasteiger partial charge in [-0.1, -0.05) is 24.3 Å². The summed E-state index contributed by atoms with van der Waals surface area (Å²) >= 11 is 0. The van der Waals surface area contributed by atoms with Crippen molar-refractivity contribution in [3.05, 3.63) is 59.4 Å². The molecule has 1 saturated heterocycles. The summed E-state index contributed by atoms with van der Waals surface area (Å²) in [5.74, 6) is 0.141. The topological polar surface area (TPSA) is 56.1 Å². The van der Waals surface area contributed by atoms with Crippen molar-refractivity contribution in [2.24, 2.45) is 4.99 Å². The first kappa shape index (κ1) is 17.9. The molecule has 0 atom stereocenters.